The molecular weight excluding hydrogens is 474 g/mol. The Labute approximate surface area is 217 Å². The SMILES string of the molecule is C[C@H]1CN([C@@H](C)CO)C(=O)c2cc(NC(=O)C3CC3)ccc2O[C@@H]1CN(C)Cc1ccc(C(=O)O)cc1. The number of anilines is 1. The molecule has 3 N–H and O–H groups in total. The van der Waals surface area contributed by atoms with Crippen LogP contribution in [-0.2, 0) is 11.3 Å². The number of rotatable bonds is 9. The van der Waals surface area contributed by atoms with E-state index >= 15 is 0 Å². The maximum absolute atomic E-state index is 13.5. The highest BCUT2D eigenvalue weighted by molar-refractivity contribution is 6.00. The zero-order valence-corrected chi connectivity index (χ0v) is 21.5. The second kappa shape index (κ2) is 11.3. The van der Waals surface area contributed by atoms with E-state index in [1.54, 1.807) is 47.4 Å². The first-order valence-electron chi connectivity index (χ1n) is 12.7. The first kappa shape index (κ1) is 26.6. The average molecular weight is 510 g/mol. The maximum Gasteiger partial charge on any atom is 0.335 e. The minimum atomic E-state index is -0.957. The van der Waals surface area contributed by atoms with Crippen LogP contribution in [0.3, 0.4) is 0 Å². The minimum Gasteiger partial charge on any atom is -0.488 e. The molecule has 1 fully saturated rings. The van der Waals surface area contributed by atoms with Crippen molar-refractivity contribution in [2.75, 3.05) is 32.1 Å². The first-order valence-corrected chi connectivity index (χ1v) is 12.7. The Morgan fingerprint density at radius 3 is 2.51 bits per heavy atom. The number of ether oxygens (including phenoxy) is 1. The van der Waals surface area contributed by atoms with Crippen molar-refractivity contribution < 1.29 is 29.3 Å². The molecule has 1 aliphatic heterocycles. The highest BCUT2D eigenvalue weighted by Crippen LogP contribution is 2.33. The van der Waals surface area contributed by atoms with E-state index in [1.165, 1.54) is 0 Å². The maximum atomic E-state index is 13.5. The van der Waals surface area contributed by atoms with Gasteiger partial charge in [0.05, 0.1) is 23.8 Å². The monoisotopic (exact) mass is 509 g/mol. The van der Waals surface area contributed by atoms with E-state index in [0.29, 0.717) is 36.6 Å². The zero-order chi connectivity index (χ0) is 26.7. The van der Waals surface area contributed by atoms with E-state index in [2.05, 4.69) is 10.2 Å². The van der Waals surface area contributed by atoms with Crippen LogP contribution >= 0.6 is 0 Å². The molecule has 9 nitrogen and oxygen atoms in total. The van der Waals surface area contributed by atoms with Crippen LogP contribution < -0.4 is 10.1 Å². The second-order valence-electron chi connectivity index (χ2n) is 10.3. The number of fused-ring (bicyclic) bond motifs is 1. The number of amides is 2. The fourth-order valence-corrected chi connectivity index (χ4v) is 4.54. The van der Waals surface area contributed by atoms with Crippen molar-refractivity contribution in [1.29, 1.82) is 0 Å². The van der Waals surface area contributed by atoms with E-state index in [4.69, 9.17) is 9.84 Å². The van der Waals surface area contributed by atoms with E-state index < -0.39 is 5.97 Å². The topological polar surface area (TPSA) is 119 Å². The zero-order valence-electron chi connectivity index (χ0n) is 21.5. The number of carbonyl (C=O) groups excluding carboxylic acids is 2. The molecule has 2 amide bonds. The summed E-state index contributed by atoms with van der Waals surface area (Å²) in [5.41, 5.74) is 2.14. The number of aliphatic hydroxyl groups is 1. The summed E-state index contributed by atoms with van der Waals surface area (Å²) >= 11 is 0. The number of likely N-dealkylation sites (N-methyl/N-ethyl adjacent to an activating group) is 1. The number of hydrogen-bond donors (Lipinski definition) is 3. The van der Waals surface area contributed by atoms with Gasteiger partial charge in [0.15, 0.2) is 0 Å². The van der Waals surface area contributed by atoms with Gasteiger partial charge in [-0.2, -0.15) is 0 Å². The number of benzene rings is 2. The summed E-state index contributed by atoms with van der Waals surface area (Å²) in [6.07, 6.45) is 1.52. The van der Waals surface area contributed by atoms with Crippen molar-refractivity contribution in [3.05, 3.63) is 59.2 Å². The third-order valence-electron chi connectivity index (χ3n) is 7.03. The Kier molecular flexibility index (Phi) is 8.14. The number of nitrogens with zero attached hydrogens (tertiary/aromatic N) is 2. The molecule has 1 aliphatic carbocycles. The Morgan fingerprint density at radius 1 is 1.19 bits per heavy atom. The molecule has 1 saturated carbocycles. The molecule has 2 aliphatic rings. The quantitative estimate of drug-likeness (QED) is 0.475. The lowest BCUT2D eigenvalue weighted by molar-refractivity contribution is -0.117. The fourth-order valence-electron chi connectivity index (χ4n) is 4.54. The van der Waals surface area contributed by atoms with Crippen molar-refractivity contribution in [1.82, 2.24) is 9.80 Å². The number of carboxylic acid groups (broad SMARTS) is 1. The van der Waals surface area contributed by atoms with Crippen LogP contribution in [0.4, 0.5) is 5.69 Å². The van der Waals surface area contributed by atoms with E-state index in [0.717, 1.165) is 18.4 Å². The number of aromatic carboxylic acids is 1. The number of nitrogens with one attached hydrogen (secondary N) is 1. The summed E-state index contributed by atoms with van der Waals surface area (Å²) in [4.78, 5) is 40.7. The second-order valence-corrected chi connectivity index (χ2v) is 10.3. The van der Waals surface area contributed by atoms with Gasteiger partial charge in [0, 0.05) is 37.2 Å². The van der Waals surface area contributed by atoms with Gasteiger partial charge in [-0.3, -0.25) is 14.5 Å². The Bertz CT molecular complexity index is 1150. The van der Waals surface area contributed by atoms with Crippen LogP contribution in [0.5, 0.6) is 5.75 Å². The molecule has 198 valence electrons. The normalized spacial score (nSPS) is 20.5. The summed E-state index contributed by atoms with van der Waals surface area (Å²) in [6.45, 7) is 5.25. The molecule has 0 saturated heterocycles. The molecule has 3 atom stereocenters. The smallest absolute Gasteiger partial charge is 0.335 e. The Hall–Kier alpha value is -3.43. The molecule has 1 heterocycles. The van der Waals surface area contributed by atoms with Crippen molar-refractivity contribution in [2.45, 2.75) is 45.4 Å². The van der Waals surface area contributed by atoms with E-state index in [-0.39, 0.29) is 48.0 Å². The molecule has 2 aromatic rings. The van der Waals surface area contributed by atoms with Gasteiger partial charge >= 0.3 is 5.97 Å². The Balaban J connectivity index is 1.55. The largest absolute Gasteiger partial charge is 0.488 e. The third kappa shape index (κ3) is 6.47. The van der Waals surface area contributed by atoms with Crippen molar-refractivity contribution >= 4 is 23.5 Å². The molecule has 2 aromatic carbocycles. The van der Waals surface area contributed by atoms with E-state index in [1.807, 2.05) is 20.9 Å². The molecule has 0 unspecified atom stereocenters. The van der Waals surface area contributed by atoms with Crippen LogP contribution in [0.1, 0.15) is 53.0 Å². The summed E-state index contributed by atoms with van der Waals surface area (Å²) in [6, 6.07) is 11.6. The van der Waals surface area contributed by atoms with Crippen molar-refractivity contribution in [3.63, 3.8) is 0 Å². The lowest BCUT2D eigenvalue weighted by atomic mass is 9.99. The number of carbonyl (C=O) groups is 3. The number of carboxylic acids is 1. The lowest BCUT2D eigenvalue weighted by Gasteiger charge is -2.38. The predicted molar refractivity (Wildman–Crippen MR) is 139 cm³/mol. The van der Waals surface area contributed by atoms with Gasteiger partial charge in [-0.15, -0.1) is 0 Å². The number of aliphatic hydroxyl groups excluding tert-OH is 1. The highest BCUT2D eigenvalue weighted by Gasteiger charge is 2.34. The van der Waals surface area contributed by atoms with E-state index in [9.17, 15) is 19.5 Å². The van der Waals surface area contributed by atoms with Gasteiger partial charge in [-0.05, 0) is 62.7 Å². The molecule has 37 heavy (non-hydrogen) atoms. The third-order valence-corrected chi connectivity index (χ3v) is 7.03. The molecular formula is C28H35N3O6. The van der Waals surface area contributed by atoms with Gasteiger partial charge in [-0.1, -0.05) is 19.1 Å². The van der Waals surface area contributed by atoms with Crippen molar-refractivity contribution in [3.8, 4) is 5.75 Å². The van der Waals surface area contributed by atoms with Crippen LogP contribution in [0.2, 0.25) is 0 Å². The summed E-state index contributed by atoms with van der Waals surface area (Å²) < 4.78 is 6.42. The minimum absolute atomic E-state index is 0.0304. The molecule has 0 spiro atoms. The first-order chi connectivity index (χ1) is 17.7. The predicted octanol–water partition coefficient (Wildman–Crippen LogP) is 3.09. The average Bonchev–Trinajstić information content (AvgIpc) is 3.72. The highest BCUT2D eigenvalue weighted by atomic mass is 16.5. The summed E-state index contributed by atoms with van der Waals surface area (Å²) in [7, 11) is 1.97. The van der Waals surface area contributed by atoms with Crippen LogP contribution in [-0.4, -0.2) is 76.7 Å². The van der Waals surface area contributed by atoms with Gasteiger partial charge in [0.1, 0.15) is 11.9 Å². The van der Waals surface area contributed by atoms with Crippen LogP contribution in [0.25, 0.3) is 0 Å². The molecule has 0 bridgehead atoms. The number of hydrogen-bond acceptors (Lipinski definition) is 6. The Morgan fingerprint density at radius 2 is 1.89 bits per heavy atom. The molecule has 0 radical (unpaired) electrons. The molecule has 0 aromatic heterocycles. The van der Waals surface area contributed by atoms with Crippen LogP contribution in [0, 0.1) is 11.8 Å². The van der Waals surface area contributed by atoms with Gasteiger partial charge in [0.25, 0.3) is 5.91 Å². The van der Waals surface area contributed by atoms with Crippen molar-refractivity contribution in [2.24, 2.45) is 11.8 Å². The summed E-state index contributed by atoms with van der Waals surface area (Å²) in [5, 5.41) is 21.9. The fraction of sp³-hybridized carbons (Fsp3) is 0.464. The summed E-state index contributed by atoms with van der Waals surface area (Å²) in [5.74, 6) is -0.777. The van der Waals surface area contributed by atoms with Gasteiger partial charge in [-0.25, -0.2) is 4.79 Å². The standard InChI is InChI=1S/C28H35N3O6/c1-17-13-31(18(2)16-32)27(34)23-12-22(29-26(33)20-8-9-20)10-11-24(23)37-25(17)15-30(3)14-19-4-6-21(7-5-19)28(35)36/h4-7,10-12,17-18,20,25,32H,8-9,13-16H2,1-3H3,(H,29,33)(H,35,36)/t17-,18-,25+/m0/s1. The van der Waals surface area contributed by atoms with Gasteiger partial charge in [0.2, 0.25) is 5.91 Å². The lowest BCUT2D eigenvalue weighted by Crippen LogP contribution is -2.49. The molecule has 4 rings (SSSR count). The van der Waals surface area contributed by atoms with Crippen LogP contribution in [0.15, 0.2) is 42.5 Å². The van der Waals surface area contributed by atoms with Gasteiger partial charge < -0.3 is 25.2 Å². The molecule has 9 heteroatoms.